The molecule has 230 valence electrons. The summed E-state index contributed by atoms with van der Waals surface area (Å²) in [5, 5.41) is 0. The lowest BCUT2D eigenvalue weighted by Gasteiger charge is -2.36. The van der Waals surface area contributed by atoms with Crippen molar-refractivity contribution in [2.24, 2.45) is 0 Å². The van der Waals surface area contributed by atoms with Gasteiger partial charge < -0.3 is 33.3 Å². The summed E-state index contributed by atoms with van der Waals surface area (Å²) < 4.78 is 18.8. The molecule has 0 N–H and O–H groups in total. The molecule has 43 heavy (non-hydrogen) atoms. The number of piperazine rings is 1. The molecule has 3 aromatic rings. The third kappa shape index (κ3) is 6.80. The molecule has 0 saturated carbocycles. The second kappa shape index (κ2) is 12.3. The monoisotopic (exact) mass is 589 g/mol. The third-order valence-electron chi connectivity index (χ3n) is 7.71. The minimum absolute atomic E-state index is 0.221. The Balaban J connectivity index is 1.40. The average Bonchev–Trinajstić information content (AvgIpc) is 3.39. The molecule has 0 aliphatic carbocycles. The van der Waals surface area contributed by atoms with E-state index in [9.17, 15) is 9.59 Å². The fourth-order valence-electron chi connectivity index (χ4n) is 5.52. The molecule has 1 amide bonds. The van der Waals surface area contributed by atoms with E-state index >= 15 is 0 Å². The van der Waals surface area contributed by atoms with Gasteiger partial charge in [-0.3, -0.25) is 0 Å². The highest BCUT2D eigenvalue weighted by molar-refractivity contribution is 5.94. The van der Waals surface area contributed by atoms with E-state index in [1.54, 1.807) is 4.90 Å². The lowest BCUT2D eigenvalue weighted by Crippen LogP contribution is -2.50. The summed E-state index contributed by atoms with van der Waals surface area (Å²) in [6, 6.07) is 8.04. The zero-order valence-electron chi connectivity index (χ0n) is 26.2. The highest BCUT2D eigenvalue weighted by Crippen LogP contribution is 2.32. The second-order valence-electron chi connectivity index (χ2n) is 12.4. The Morgan fingerprint density at radius 3 is 2.28 bits per heavy atom. The van der Waals surface area contributed by atoms with E-state index in [0.717, 1.165) is 52.5 Å². The minimum Gasteiger partial charge on any atom is -0.459 e. The first kappa shape index (κ1) is 30.4. The largest absolute Gasteiger partial charge is 0.459 e. The maximum absolute atomic E-state index is 13.1. The summed E-state index contributed by atoms with van der Waals surface area (Å²) in [6.45, 7) is 21.0. The van der Waals surface area contributed by atoms with Crippen molar-refractivity contribution in [1.82, 2.24) is 19.2 Å². The maximum Gasteiger partial charge on any atom is 0.410 e. The van der Waals surface area contributed by atoms with Gasteiger partial charge in [0.15, 0.2) is 0 Å². The van der Waals surface area contributed by atoms with Crippen LogP contribution in [0.5, 0.6) is 0 Å². The molecule has 2 aliphatic heterocycles. The lowest BCUT2D eigenvalue weighted by atomic mass is 10.0. The first-order valence-electron chi connectivity index (χ1n) is 15.0. The SMILES string of the molecule is C=C(c1c(C)c(C(=O)OC(C)C)cc2cc(-c3ccc(N4CCN(C(=O)OC(C)(C)C)CC4)nc3)cn12)N1CCOCC1. The fraction of sp³-hybridized carbons (Fsp3) is 0.485. The summed E-state index contributed by atoms with van der Waals surface area (Å²) >= 11 is 0. The number of ether oxygens (including phenoxy) is 3. The topological polar surface area (TPSA) is 88.8 Å². The van der Waals surface area contributed by atoms with E-state index in [-0.39, 0.29) is 18.2 Å². The molecular weight excluding hydrogens is 546 g/mol. The lowest BCUT2D eigenvalue weighted by molar-refractivity contribution is 0.0239. The number of carbonyl (C=O) groups is 2. The van der Waals surface area contributed by atoms with Crippen LogP contribution < -0.4 is 4.90 Å². The van der Waals surface area contributed by atoms with Gasteiger partial charge in [0, 0.05) is 68.3 Å². The molecule has 10 heteroatoms. The number of anilines is 1. The standard InChI is InChI=1S/C33H43N5O5/c1-22(2)42-31(39)28-19-27-18-26(21-38(27)30(23(28)3)24(4)35-14-16-41-17-15-35)25-8-9-29(34-20-25)36-10-12-37(13-11-36)32(40)43-33(5,6)7/h8-9,18-22H,4,10-17H2,1-3,5-7H3. The van der Waals surface area contributed by atoms with Crippen LogP contribution in [-0.2, 0) is 14.2 Å². The van der Waals surface area contributed by atoms with Gasteiger partial charge >= 0.3 is 12.1 Å². The summed E-state index contributed by atoms with van der Waals surface area (Å²) in [7, 11) is 0. The Bertz CT molecular complexity index is 1490. The molecular formula is C33H43N5O5. The number of pyridine rings is 2. The Morgan fingerprint density at radius 2 is 1.67 bits per heavy atom. The molecule has 0 spiro atoms. The molecule has 0 aromatic carbocycles. The summed E-state index contributed by atoms with van der Waals surface area (Å²) in [4.78, 5) is 36.5. The molecule has 0 bridgehead atoms. The van der Waals surface area contributed by atoms with Crippen molar-refractivity contribution in [1.29, 1.82) is 0 Å². The Hall–Kier alpha value is -4.05. The van der Waals surface area contributed by atoms with Crippen molar-refractivity contribution < 1.29 is 23.8 Å². The van der Waals surface area contributed by atoms with E-state index in [0.29, 0.717) is 45.0 Å². The van der Waals surface area contributed by atoms with E-state index < -0.39 is 5.60 Å². The molecule has 0 atom stereocenters. The number of nitrogens with zero attached hydrogens (tertiary/aromatic N) is 5. The van der Waals surface area contributed by atoms with Gasteiger partial charge in [-0.25, -0.2) is 14.6 Å². The van der Waals surface area contributed by atoms with Crippen molar-refractivity contribution >= 4 is 29.1 Å². The Morgan fingerprint density at radius 1 is 0.977 bits per heavy atom. The minimum atomic E-state index is -0.510. The van der Waals surface area contributed by atoms with Crippen molar-refractivity contribution in [2.45, 2.75) is 53.2 Å². The number of esters is 1. The quantitative estimate of drug-likeness (QED) is 0.361. The fourth-order valence-corrected chi connectivity index (χ4v) is 5.52. The maximum atomic E-state index is 13.1. The van der Waals surface area contributed by atoms with Gasteiger partial charge in [-0.05, 0) is 71.4 Å². The van der Waals surface area contributed by atoms with Crippen LogP contribution in [0.4, 0.5) is 10.6 Å². The summed E-state index contributed by atoms with van der Waals surface area (Å²) in [6.07, 6.45) is 3.46. The van der Waals surface area contributed by atoms with E-state index in [4.69, 9.17) is 19.2 Å². The molecule has 2 saturated heterocycles. The highest BCUT2D eigenvalue weighted by Gasteiger charge is 2.27. The normalized spacial score (nSPS) is 16.1. The van der Waals surface area contributed by atoms with Crippen LogP contribution in [0.1, 0.15) is 56.2 Å². The van der Waals surface area contributed by atoms with Crippen molar-refractivity contribution in [3.8, 4) is 11.1 Å². The van der Waals surface area contributed by atoms with Crippen LogP contribution >= 0.6 is 0 Å². The molecule has 5 rings (SSSR count). The molecule has 10 nitrogen and oxygen atoms in total. The number of hydrogen-bond acceptors (Lipinski definition) is 8. The number of aromatic nitrogens is 2. The molecule has 3 aromatic heterocycles. The van der Waals surface area contributed by atoms with Gasteiger partial charge in [-0.2, -0.15) is 0 Å². The van der Waals surface area contributed by atoms with Crippen LogP contribution in [-0.4, -0.2) is 95.4 Å². The van der Waals surface area contributed by atoms with Gasteiger partial charge in [0.05, 0.1) is 36.3 Å². The van der Waals surface area contributed by atoms with Crippen LogP contribution in [0.25, 0.3) is 22.3 Å². The number of rotatable bonds is 6. The summed E-state index contributed by atoms with van der Waals surface area (Å²) in [5.41, 5.74) is 5.42. The van der Waals surface area contributed by atoms with Crippen LogP contribution in [0.15, 0.2) is 43.2 Å². The highest BCUT2D eigenvalue weighted by atomic mass is 16.6. The molecule has 2 aliphatic rings. The number of hydrogen-bond donors (Lipinski definition) is 0. The van der Waals surface area contributed by atoms with Crippen molar-refractivity contribution in [3.05, 3.63) is 60.1 Å². The zero-order chi connectivity index (χ0) is 30.9. The van der Waals surface area contributed by atoms with Gasteiger partial charge in [0.25, 0.3) is 0 Å². The van der Waals surface area contributed by atoms with Gasteiger partial charge in [-0.1, -0.05) is 6.58 Å². The second-order valence-corrected chi connectivity index (χ2v) is 12.4. The molecule has 0 radical (unpaired) electrons. The Labute approximate surface area is 253 Å². The number of morpholine rings is 1. The first-order valence-corrected chi connectivity index (χ1v) is 15.0. The molecule has 2 fully saturated rings. The van der Waals surface area contributed by atoms with E-state index in [1.165, 1.54) is 0 Å². The van der Waals surface area contributed by atoms with E-state index in [1.807, 2.05) is 59.9 Å². The Kier molecular flexibility index (Phi) is 8.69. The van der Waals surface area contributed by atoms with Crippen LogP contribution in [0, 0.1) is 6.92 Å². The zero-order valence-corrected chi connectivity index (χ0v) is 26.2. The predicted octanol–water partition coefficient (Wildman–Crippen LogP) is 5.23. The van der Waals surface area contributed by atoms with Crippen molar-refractivity contribution in [2.75, 3.05) is 57.4 Å². The molecule has 5 heterocycles. The number of carbonyl (C=O) groups excluding carboxylic acids is 2. The third-order valence-corrected chi connectivity index (χ3v) is 7.71. The smallest absolute Gasteiger partial charge is 0.410 e. The summed E-state index contributed by atoms with van der Waals surface area (Å²) in [5.74, 6) is 0.527. The van der Waals surface area contributed by atoms with Gasteiger partial charge in [0.2, 0.25) is 0 Å². The first-order chi connectivity index (χ1) is 20.4. The van der Waals surface area contributed by atoms with E-state index in [2.05, 4.69) is 39.1 Å². The van der Waals surface area contributed by atoms with Crippen LogP contribution in [0.3, 0.4) is 0 Å². The number of fused-ring (bicyclic) bond motifs is 1. The van der Waals surface area contributed by atoms with Gasteiger partial charge in [-0.15, -0.1) is 0 Å². The van der Waals surface area contributed by atoms with Crippen molar-refractivity contribution in [3.63, 3.8) is 0 Å². The predicted molar refractivity (Wildman–Crippen MR) is 167 cm³/mol. The van der Waals surface area contributed by atoms with Gasteiger partial charge in [0.1, 0.15) is 11.4 Å². The average molecular weight is 590 g/mol. The number of amides is 1. The van der Waals surface area contributed by atoms with Crippen LogP contribution in [0.2, 0.25) is 0 Å². The molecule has 0 unspecified atom stereocenters.